The van der Waals surface area contributed by atoms with Gasteiger partial charge >= 0.3 is 0 Å². The van der Waals surface area contributed by atoms with E-state index in [1.54, 1.807) is 67.6 Å². The first-order valence-corrected chi connectivity index (χ1v) is 10.6. The molecule has 0 aliphatic heterocycles. The molecule has 0 heterocycles. The van der Waals surface area contributed by atoms with E-state index < -0.39 is 0 Å². The summed E-state index contributed by atoms with van der Waals surface area (Å²) >= 11 is 0. The van der Waals surface area contributed by atoms with Gasteiger partial charge in [-0.25, -0.2) is 4.39 Å². The van der Waals surface area contributed by atoms with Crippen molar-refractivity contribution in [1.82, 2.24) is 10.2 Å². The number of carbonyl (C=O) groups excluding carboxylic acids is 3. The van der Waals surface area contributed by atoms with Gasteiger partial charge in [-0.3, -0.25) is 14.4 Å². The second kappa shape index (κ2) is 11.6. The molecule has 1 N–H and O–H groups in total. The minimum Gasteiger partial charge on any atom is -0.484 e. The highest BCUT2D eigenvalue weighted by Gasteiger charge is 2.16. The number of halogens is 1. The zero-order valence-electron chi connectivity index (χ0n) is 18.3. The standard InChI is InChI=1S/C26H25FN2O4/c1-2-29(17-24(30)28-16-19-8-12-22(27)13-9-19)25(31)18-33-23-14-10-21(11-15-23)26(32)20-6-4-3-5-7-20/h3-15H,2,16-18H2,1H3,(H,28,30). The molecule has 0 bridgehead atoms. The Hall–Kier alpha value is -4.00. The Labute approximate surface area is 192 Å². The highest BCUT2D eigenvalue weighted by Crippen LogP contribution is 2.15. The summed E-state index contributed by atoms with van der Waals surface area (Å²) in [6.45, 7) is 2.02. The molecule has 0 aliphatic carbocycles. The topological polar surface area (TPSA) is 75.7 Å². The summed E-state index contributed by atoms with van der Waals surface area (Å²) < 4.78 is 18.5. The van der Waals surface area contributed by atoms with E-state index in [9.17, 15) is 18.8 Å². The van der Waals surface area contributed by atoms with E-state index in [2.05, 4.69) is 5.32 Å². The first kappa shape index (κ1) is 23.7. The number of nitrogens with zero attached hydrogens (tertiary/aromatic N) is 1. The second-order valence-electron chi connectivity index (χ2n) is 7.32. The number of ketones is 1. The average Bonchev–Trinajstić information content (AvgIpc) is 2.86. The summed E-state index contributed by atoms with van der Waals surface area (Å²) in [5.41, 5.74) is 1.88. The molecule has 0 aliphatic rings. The molecular weight excluding hydrogens is 423 g/mol. The third-order valence-electron chi connectivity index (χ3n) is 4.99. The van der Waals surface area contributed by atoms with E-state index in [1.807, 2.05) is 6.07 Å². The minimum absolute atomic E-state index is 0.0953. The summed E-state index contributed by atoms with van der Waals surface area (Å²) in [6.07, 6.45) is 0. The molecule has 170 valence electrons. The van der Waals surface area contributed by atoms with E-state index in [-0.39, 0.29) is 43.1 Å². The Balaban J connectivity index is 1.47. The van der Waals surface area contributed by atoms with Crippen molar-refractivity contribution in [3.05, 3.63) is 101 Å². The van der Waals surface area contributed by atoms with Gasteiger partial charge in [-0.1, -0.05) is 42.5 Å². The van der Waals surface area contributed by atoms with Gasteiger partial charge in [0.25, 0.3) is 5.91 Å². The van der Waals surface area contributed by atoms with Crippen molar-refractivity contribution in [3.8, 4) is 5.75 Å². The van der Waals surface area contributed by atoms with E-state index in [0.717, 1.165) is 5.56 Å². The van der Waals surface area contributed by atoms with Gasteiger partial charge < -0.3 is 15.0 Å². The molecule has 33 heavy (non-hydrogen) atoms. The molecule has 0 unspecified atom stereocenters. The van der Waals surface area contributed by atoms with Crippen LogP contribution in [0.15, 0.2) is 78.9 Å². The van der Waals surface area contributed by atoms with E-state index in [1.165, 1.54) is 17.0 Å². The first-order valence-electron chi connectivity index (χ1n) is 10.6. The van der Waals surface area contributed by atoms with Gasteiger partial charge in [0.05, 0.1) is 6.54 Å². The van der Waals surface area contributed by atoms with Crippen LogP contribution in [-0.4, -0.2) is 42.2 Å². The van der Waals surface area contributed by atoms with Gasteiger partial charge in [-0.2, -0.15) is 0 Å². The predicted octanol–water partition coefficient (Wildman–Crippen LogP) is 3.60. The van der Waals surface area contributed by atoms with Crippen LogP contribution in [0.1, 0.15) is 28.4 Å². The van der Waals surface area contributed by atoms with Crippen molar-refractivity contribution in [2.24, 2.45) is 0 Å². The van der Waals surface area contributed by atoms with Gasteiger partial charge in [0.2, 0.25) is 5.91 Å². The maximum Gasteiger partial charge on any atom is 0.260 e. The molecule has 0 spiro atoms. The Kier molecular flexibility index (Phi) is 8.30. The maximum atomic E-state index is 13.0. The highest BCUT2D eigenvalue weighted by atomic mass is 19.1. The number of carbonyl (C=O) groups is 3. The Morgan fingerprint density at radius 2 is 1.52 bits per heavy atom. The van der Waals surface area contributed by atoms with E-state index in [0.29, 0.717) is 23.4 Å². The third-order valence-corrected chi connectivity index (χ3v) is 4.99. The molecule has 2 amide bonds. The molecule has 0 fully saturated rings. The molecule has 0 aromatic heterocycles. The number of benzene rings is 3. The van der Waals surface area contributed by atoms with Crippen LogP contribution in [0, 0.1) is 5.82 Å². The lowest BCUT2D eigenvalue weighted by atomic mass is 10.0. The zero-order valence-corrected chi connectivity index (χ0v) is 18.3. The number of rotatable bonds is 10. The largest absolute Gasteiger partial charge is 0.484 e. The lowest BCUT2D eigenvalue weighted by Gasteiger charge is -2.20. The van der Waals surface area contributed by atoms with Gasteiger partial charge in [-0.15, -0.1) is 0 Å². The number of likely N-dealkylation sites (N-methyl/N-ethyl adjacent to an activating group) is 1. The molecule has 7 heteroatoms. The van der Waals surface area contributed by atoms with Gasteiger partial charge in [0.1, 0.15) is 11.6 Å². The number of hydrogen-bond donors (Lipinski definition) is 1. The van der Waals surface area contributed by atoms with Crippen LogP contribution in [0.3, 0.4) is 0 Å². The second-order valence-corrected chi connectivity index (χ2v) is 7.32. The summed E-state index contributed by atoms with van der Waals surface area (Å²) in [5.74, 6) is -0.644. The van der Waals surface area contributed by atoms with Gasteiger partial charge in [0, 0.05) is 24.2 Å². The number of amides is 2. The van der Waals surface area contributed by atoms with Crippen LogP contribution in [-0.2, 0) is 16.1 Å². The fourth-order valence-corrected chi connectivity index (χ4v) is 3.10. The lowest BCUT2D eigenvalue weighted by Crippen LogP contribution is -2.42. The van der Waals surface area contributed by atoms with Crippen LogP contribution < -0.4 is 10.1 Å². The zero-order chi connectivity index (χ0) is 23.6. The smallest absolute Gasteiger partial charge is 0.260 e. The van der Waals surface area contributed by atoms with Crippen molar-refractivity contribution in [3.63, 3.8) is 0 Å². The molecule has 3 aromatic rings. The van der Waals surface area contributed by atoms with Crippen molar-refractivity contribution in [2.75, 3.05) is 19.7 Å². The molecule has 0 saturated heterocycles. The third kappa shape index (κ3) is 7.00. The normalized spacial score (nSPS) is 10.4. The molecular formula is C26H25FN2O4. The molecule has 3 aromatic carbocycles. The van der Waals surface area contributed by atoms with Crippen molar-refractivity contribution >= 4 is 17.6 Å². The lowest BCUT2D eigenvalue weighted by molar-refractivity contribution is -0.137. The molecule has 6 nitrogen and oxygen atoms in total. The van der Waals surface area contributed by atoms with E-state index in [4.69, 9.17) is 4.74 Å². The van der Waals surface area contributed by atoms with Crippen LogP contribution in [0.4, 0.5) is 4.39 Å². The van der Waals surface area contributed by atoms with Crippen LogP contribution in [0.5, 0.6) is 5.75 Å². The monoisotopic (exact) mass is 448 g/mol. The maximum absolute atomic E-state index is 13.0. The molecule has 3 rings (SSSR count). The number of nitrogens with one attached hydrogen (secondary N) is 1. The van der Waals surface area contributed by atoms with Gasteiger partial charge in [0.15, 0.2) is 12.4 Å². The van der Waals surface area contributed by atoms with Gasteiger partial charge in [-0.05, 0) is 48.9 Å². The highest BCUT2D eigenvalue weighted by molar-refractivity contribution is 6.09. The summed E-state index contributed by atoms with van der Waals surface area (Å²) in [6, 6.07) is 21.3. The number of ether oxygens (including phenoxy) is 1. The van der Waals surface area contributed by atoms with Crippen molar-refractivity contribution in [1.29, 1.82) is 0 Å². The first-order chi connectivity index (χ1) is 16.0. The SMILES string of the molecule is CCN(CC(=O)NCc1ccc(F)cc1)C(=O)COc1ccc(C(=O)c2ccccc2)cc1. The van der Waals surface area contributed by atoms with Crippen molar-refractivity contribution in [2.45, 2.75) is 13.5 Å². The Bertz CT molecular complexity index is 1080. The predicted molar refractivity (Wildman–Crippen MR) is 122 cm³/mol. The minimum atomic E-state index is -0.342. The Morgan fingerprint density at radius 3 is 2.15 bits per heavy atom. The molecule has 0 saturated carbocycles. The fourth-order valence-electron chi connectivity index (χ4n) is 3.10. The van der Waals surface area contributed by atoms with Crippen molar-refractivity contribution < 1.29 is 23.5 Å². The Morgan fingerprint density at radius 1 is 0.879 bits per heavy atom. The summed E-state index contributed by atoms with van der Waals surface area (Å²) in [4.78, 5) is 38.5. The molecule has 0 radical (unpaired) electrons. The molecule has 0 atom stereocenters. The van der Waals surface area contributed by atoms with Crippen LogP contribution in [0.2, 0.25) is 0 Å². The summed E-state index contributed by atoms with van der Waals surface area (Å²) in [5, 5.41) is 2.71. The summed E-state index contributed by atoms with van der Waals surface area (Å²) in [7, 11) is 0. The van der Waals surface area contributed by atoms with E-state index >= 15 is 0 Å². The fraction of sp³-hybridized carbons (Fsp3) is 0.192. The quantitative estimate of drug-likeness (QED) is 0.481. The number of hydrogen-bond acceptors (Lipinski definition) is 4. The average molecular weight is 448 g/mol. The van der Waals surface area contributed by atoms with Crippen LogP contribution >= 0.6 is 0 Å². The van der Waals surface area contributed by atoms with Crippen LogP contribution in [0.25, 0.3) is 0 Å².